The Kier molecular flexibility index (Phi) is 5.40. The van der Waals surface area contributed by atoms with Gasteiger partial charge in [0.1, 0.15) is 0 Å². The Balaban J connectivity index is 1.95. The molecule has 120 valence electrons. The van der Waals surface area contributed by atoms with E-state index in [1.807, 2.05) is 84.9 Å². The average Bonchev–Trinajstić information content (AvgIpc) is 2.64. The number of para-hydroxylation sites is 1. The minimum atomic E-state index is -1.94. The molecular formula is C21H20O2P+. The Hall–Kier alpha value is -2.44. The van der Waals surface area contributed by atoms with Crippen molar-refractivity contribution in [1.82, 2.24) is 0 Å². The molecule has 0 aliphatic heterocycles. The highest BCUT2D eigenvalue weighted by atomic mass is 31.1. The maximum absolute atomic E-state index is 13.1. The number of rotatable bonds is 6. The molecule has 0 saturated carbocycles. The summed E-state index contributed by atoms with van der Waals surface area (Å²) in [5.41, 5.74) is 2.78. The molecular weight excluding hydrogens is 315 g/mol. The quantitative estimate of drug-likeness (QED) is 0.504. The van der Waals surface area contributed by atoms with Gasteiger partial charge in [0.05, 0.1) is 0 Å². The van der Waals surface area contributed by atoms with Gasteiger partial charge in [0, 0.05) is 11.1 Å². The highest BCUT2D eigenvalue weighted by Crippen LogP contribution is 2.47. The van der Waals surface area contributed by atoms with Crippen molar-refractivity contribution in [2.45, 2.75) is 19.0 Å². The van der Waals surface area contributed by atoms with Crippen LogP contribution in [0.5, 0.6) is 5.75 Å². The van der Waals surface area contributed by atoms with Crippen LogP contribution < -0.4 is 4.52 Å². The fourth-order valence-electron chi connectivity index (χ4n) is 2.74. The zero-order valence-electron chi connectivity index (χ0n) is 13.6. The number of hydrogen-bond acceptors (Lipinski definition) is 2. The lowest BCUT2D eigenvalue weighted by Gasteiger charge is -2.09. The van der Waals surface area contributed by atoms with Gasteiger partial charge in [-0.05, 0) is 22.6 Å². The summed E-state index contributed by atoms with van der Waals surface area (Å²) >= 11 is 0. The van der Waals surface area contributed by atoms with E-state index >= 15 is 0 Å². The van der Waals surface area contributed by atoms with Crippen molar-refractivity contribution >= 4 is 8.03 Å². The van der Waals surface area contributed by atoms with Crippen LogP contribution in [0.4, 0.5) is 0 Å². The van der Waals surface area contributed by atoms with Crippen LogP contribution in [0.3, 0.4) is 0 Å². The molecule has 0 saturated heterocycles. The maximum Gasteiger partial charge on any atom is 0.569 e. The van der Waals surface area contributed by atoms with Gasteiger partial charge in [-0.15, -0.1) is 0 Å². The SMILES string of the molecule is CCc1ccccc1O[P+](=O)C(c1ccccc1)c1ccccc1. The van der Waals surface area contributed by atoms with Gasteiger partial charge < -0.3 is 0 Å². The van der Waals surface area contributed by atoms with Gasteiger partial charge >= 0.3 is 8.03 Å². The van der Waals surface area contributed by atoms with Crippen molar-refractivity contribution in [3.8, 4) is 5.75 Å². The number of aryl methyl sites for hydroxylation is 1. The molecule has 0 amide bonds. The summed E-state index contributed by atoms with van der Waals surface area (Å²) in [5.74, 6) is 0.706. The highest BCUT2D eigenvalue weighted by molar-refractivity contribution is 7.40. The normalized spacial score (nSPS) is 11.3. The molecule has 3 heteroatoms. The maximum atomic E-state index is 13.1. The summed E-state index contributed by atoms with van der Waals surface area (Å²) in [5, 5.41) is 0. The first-order valence-corrected chi connectivity index (χ1v) is 9.36. The lowest BCUT2D eigenvalue weighted by Crippen LogP contribution is -2.00. The molecule has 0 heterocycles. The summed E-state index contributed by atoms with van der Waals surface area (Å²) < 4.78 is 19.0. The largest absolute Gasteiger partial charge is 0.569 e. The molecule has 0 bridgehead atoms. The van der Waals surface area contributed by atoms with Gasteiger partial charge in [-0.25, -0.2) is 0 Å². The predicted molar refractivity (Wildman–Crippen MR) is 98.8 cm³/mol. The molecule has 0 aliphatic carbocycles. The van der Waals surface area contributed by atoms with E-state index < -0.39 is 8.03 Å². The minimum absolute atomic E-state index is 0.285. The molecule has 3 rings (SSSR count). The van der Waals surface area contributed by atoms with Crippen LogP contribution in [-0.4, -0.2) is 0 Å². The zero-order valence-corrected chi connectivity index (χ0v) is 14.5. The van der Waals surface area contributed by atoms with Crippen molar-refractivity contribution in [3.63, 3.8) is 0 Å². The second-order valence-corrected chi connectivity index (χ2v) is 6.83. The molecule has 0 aliphatic rings. The van der Waals surface area contributed by atoms with E-state index in [0.717, 1.165) is 23.1 Å². The third kappa shape index (κ3) is 3.72. The van der Waals surface area contributed by atoms with Gasteiger partial charge in [0.25, 0.3) is 0 Å². The standard InChI is InChI=1S/C21H20O2P/c1-2-17-11-9-10-16-20(17)23-24(22)21(18-12-5-3-6-13-18)19-14-7-4-8-15-19/h3-16,21H,2H2,1H3/q+1. The van der Waals surface area contributed by atoms with Crippen molar-refractivity contribution in [1.29, 1.82) is 0 Å². The highest BCUT2D eigenvalue weighted by Gasteiger charge is 2.37. The lowest BCUT2D eigenvalue weighted by molar-refractivity contribution is 0.495. The van der Waals surface area contributed by atoms with E-state index in [1.165, 1.54) is 0 Å². The Morgan fingerprint density at radius 2 is 1.29 bits per heavy atom. The summed E-state index contributed by atoms with van der Waals surface area (Å²) in [7, 11) is -1.94. The molecule has 2 nitrogen and oxygen atoms in total. The molecule has 0 aromatic heterocycles. The average molecular weight is 335 g/mol. The summed E-state index contributed by atoms with van der Waals surface area (Å²) in [6.07, 6.45) is 0.848. The van der Waals surface area contributed by atoms with E-state index in [2.05, 4.69) is 6.92 Å². The lowest BCUT2D eigenvalue weighted by atomic mass is 10.0. The first-order valence-electron chi connectivity index (χ1n) is 8.11. The first-order chi connectivity index (χ1) is 11.8. The van der Waals surface area contributed by atoms with Crippen LogP contribution >= 0.6 is 8.03 Å². The summed E-state index contributed by atoms with van der Waals surface area (Å²) in [6, 6.07) is 27.6. The number of benzene rings is 3. The van der Waals surface area contributed by atoms with Crippen molar-refractivity contribution in [2.24, 2.45) is 0 Å². The fraction of sp³-hybridized carbons (Fsp3) is 0.143. The zero-order chi connectivity index (χ0) is 16.8. The third-order valence-corrected chi connectivity index (χ3v) is 5.38. The summed E-state index contributed by atoms with van der Waals surface area (Å²) in [6.45, 7) is 2.07. The van der Waals surface area contributed by atoms with E-state index in [1.54, 1.807) is 0 Å². The van der Waals surface area contributed by atoms with Crippen LogP contribution in [0.15, 0.2) is 84.9 Å². The van der Waals surface area contributed by atoms with Crippen molar-refractivity contribution in [3.05, 3.63) is 102 Å². The third-order valence-electron chi connectivity index (χ3n) is 3.98. The van der Waals surface area contributed by atoms with Crippen LogP contribution in [0, 0.1) is 0 Å². The van der Waals surface area contributed by atoms with E-state index in [-0.39, 0.29) is 5.66 Å². The van der Waals surface area contributed by atoms with Gasteiger partial charge in [-0.3, -0.25) is 4.52 Å². The Labute approximate surface area is 144 Å². The number of hydrogen-bond donors (Lipinski definition) is 0. The molecule has 0 fully saturated rings. The first kappa shape index (κ1) is 16.4. The molecule has 0 spiro atoms. The van der Waals surface area contributed by atoms with Gasteiger partial charge in [0.2, 0.25) is 5.66 Å². The molecule has 0 radical (unpaired) electrons. The second kappa shape index (κ2) is 7.90. The second-order valence-electron chi connectivity index (χ2n) is 5.56. The molecule has 0 N–H and O–H groups in total. The van der Waals surface area contributed by atoms with Gasteiger partial charge in [0.15, 0.2) is 5.75 Å². The molecule has 1 unspecified atom stereocenters. The van der Waals surface area contributed by atoms with Gasteiger partial charge in [-0.1, -0.05) is 85.8 Å². The van der Waals surface area contributed by atoms with Crippen LogP contribution in [0.25, 0.3) is 0 Å². The summed E-state index contributed by atoms with van der Waals surface area (Å²) in [4.78, 5) is 0. The Morgan fingerprint density at radius 3 is 1.83 bits per heavy atom. The predicted octanol–water partition coefficient (Wildman–Crippen LogP) is 6.16. The smallest absolute Gasteiger partial charge is 0.253 e. The van der Waals surface area contributed by atoms with Crippen molar-refractivity contribution in [2.75, 3.05) is 0 Å². The fourth-order valence-corrected chi connectivity index (χ4v) is 4.05. The van der Waals surface area contributed by atoms with Crippen LogP contribution in [0.2, 0.25) is 0 Å². The Morgan fingerprint density at radius 1 is 0.792 bits per heavy atom. The van der Waals surface area contributed by atoms with Crippen LogP contribution in [0.1, 0.15) is 29.3 Å². The Bertz CT molecular complexity index is 761. The van der Waals surface area contributed by atoms with Gasteiger partial charge in [-0.2, -0.15) is 0 Å². The van der Waals surface area contributed by atoms with E-state index in [0.29, 0.717) is 5.75 Å². The molecule has 3 aromatic carbocycles. The topological polar surface area (TPSA) is 26.3 Å². The van der Waals surface area contributed by atoms with E-state index in [4.69, 9.17) is 4.52 Å². The van der Waals surface area contributed by atoms with Crippen LogP contribution in [-0.2, 0) is 11.0 Å². The minimum Gasteiger partial charge on any atom is -0.253 e. The van der Waals surface area contributed by atoms with Crippen molar-refractivity contribution < 1.29 is 9.09 Å². The van der Waals surface area contributed by atoms with E-state index in [9.17, 15) is 4.57 Å². The molecule has 3 aromatic rings. The molecule has 24 heavy (non-hydrogen) atoms. The molecule has 1 atom stereocenters. The monoisotopic (exact) mass is 335 g/mol.